The Labute approximate surface area is 154 Å². The number of carbonyl (C=O) groups excluding carboxylic acids is 2. The predicted molar refractivity (Wildman–Crippen MR) is 98.1 cm³/mol. The van der Waals surface area contributed by atoms with Gasteiger partial charge in [-0.3, -0.25) is 9.59 Å². The summed E-state index contributed by atoms with van der Waals surface area (Å²) in [6, 6.07) is 8.29. The van der Waals surface area contributed by atoms with Gasteiger partial charge in [-0.15, -0.1) is 0 Å². The van der Waals surface area contributed by atoms with E-state index in [2.05, 4.69) is 17.6 Å². The number of carbonyl (C=O) groups is 2. The number of fused-ring (bicyclic) bond motifs is 1. The van der Waals surface area contributed by atoms with E-state index < -0.39 is 9.84 Å². The van der Waals surface area contributed by atoms with Crippen LogP contribution in [0.25, 0.3) is 0 Å². The van der Waals surface area contributed by atoms with Crippen LogP contribution in [-0.4, -0.2) is 38.1 Å². The van der Waals surface area contributed by atoms with E-state index >= 15 is 0 Å². The van der Waals surface area contributed by atoms with E-state index in [1.165, 1.54) is 0 Å². The van der Waals surface area contributed by atoms with Crippen molar-refractivity contribution in [3.05, 3.63) is 30.3 Å². The van der Waals surface area contributed by atoms with E-state index in [0.29, 0.717) is 18.3 Å². The molecule has 1 aliphatic heterocycles. The van der Waals surface area contributed by atoms with Crippen LogP contribution in [0.1, 0.15) is 39.0 Å². The molecule has 1 saturated heterocycles. The predicted octanol–water partition coefficient (Wildman–Crippen LogP) is 1.66. The van der Waals surface area contributed by atoms with Gasteiger partial charge in [-0.2, -0.15) is 0 Å². The fourth-order valence-corrected chi connectivity index (χ4v) is 5.42. The van der Waals surface area contributed by atoms with Crippen molar-refractivity contribution in [1.29, 1.82) is 0 Å². The second-order valence-corrected chi connectivity index (χ2v) is 9.59. The summed E-state index contributed by atoms with van der Waals surface area (Å²) in [6.45, 7) is 2.11. The van der Waals surface area contributed by atoms with E-state index in [0.717, 1.165) is 19.3 Å². The molecule has 4 unspecified atom stereocenters. The molecule has 2 aliphatic rings. The van der Waals surface area contributed by atoms with Crippen molar-refractivity contribution in [1.82, 2.24) is 10.6 Å². The highest BCUT2D eigenvalue weighted by Crippen LogP contribution is 2.35. The lowest BCUT2D eigenvalue weighted by molar-refractivity contribution is -0.127. The first kappa shape index (κ1) is 18.9. The molecule has 1 heterocycles. The van der Waals surface area contributed by atoms with Gasteiger partial charge in [-0.05, 0) is 43.2 Å². The average molecular weight is 378 g/mol. The molecule has 0 aromatic heterocycles. The highest BCUT2D eigenvalue weighted by atomic mass is 32.2. The zero-order chi connectivity index (χ0) is 18.7. The van der Waals surface area contributed by atoms with Gasteiger partial charge in [0, 0.05) is 24.9 Å². The van der Waals surface area contributed by atoms with Gasteiger partial charge in [0.15, 0.2) is 9.84 Å². The number of sulfone groups is 1. The SMILES string of the molecule is CC1CC(=O)NC2CC(NC(=O)CCS(=O)(=O)c3ccccc3)CCC12. The van der Waals surface area contributed by atoms with Crippen LogP contribution >= 0.6 is 0 Å². The summed E-state index contributed by atoms with van der Waals surface area (Å²) in [5.74, 6) is 0.485. The lowest BCUT2D eigenvalue weighted by atomic mass is 9.72. The summed E-state index contributed by atoms with van der Waals surface area (Å²) < 4.78 is 24.5. The summed E-state index contributed by atoms with van der Waals surface area (Å²) in [7, 11) is -3.45. The van der Waals surface area contributed by atoms with Gasteiger partial charge in [-0.25, -0.2) is 8.42 Å². The van der Waals surface area contributed by atoms with E-state index in [1.54, 1.807) is 30.3 Å². The second-order valence-electron chi connectivity index (χ2n) is 7.48. The van der Waals surface area contributed by atoms with Crippen LogP contribution in [0.2, 0.25) is 0 Å². The average Bonchev–Trinajstić information content (AvgIpc) is 2.60. The summed E-state index contributed by atoms with van der Waals surface area (Å²) >= 11 is 0. The molecule has 3 rings (SSSR count). The molecule has 2 fully saturated rings. The molecule has 0 bridgehead atoms. The van der Waals surface area contributed by atoms with Gasteiger partial charge in [-0.1, -0.05) is 25.1 Å². The standard InChI is InChI=1S/C19H26N2O4S/c1-13-11-19(23)21-17-12-14(7-8-16(13)17)20-18(22)9-10-26(24,25)15-5-3-2-4-6-15/h2-6,13-14,16-17H,7-12H2,1H3,(H,20,22)(H,21,23). The number of amides is 2. The maximum Gasteiger partial charge on any atom is 0.221 e. The molecule has 26 heavy (non-hydrogen) atoms. The summed E-state index contributed by atoms with van der Waals surface area (Å²) in [5.41, 5.74) is 0. The molecule has 0 spiro atoms. The normalized spacial score (nSPS) is 28.7. The zero-order valence-electron chi connectivity index (χ0n) is 15.0. The maximum atomic E-state index is 12.3. The molecule has 1 aromatic rings. The molecular weight excluding hydrogens is 352 g/mol. The van der Waals surface area contributed by atoms with Crippen molar-refractivity contribution in [2.75, 3.05) is 5.75 Å². The second kappa shape index (κ2) is 7.78. The number of hydrogen-bond donors (Lipinski definition) is 2. The van der Waals surface area contributed by atoms with E-state index in [1.807, 2.05) is 0 Å². The number of nitrogens with one attached hydrogen (secondary N) is 2. The number of rotatable bonds is 5. The molecule has 1 saturated carbocycles. The Morgan fingerprint density at radius 1 is 1.23 bits per heavy atom. The van der Waals surface area contributed by atoms with E-state index in [4.69, 9.17) is 0 Å². The first-order chi connectivity index (χ1) is 12.3. The molecule has 0 radical (unpaired) electrons. The van der Waals surface area contributed by atoms with Crippen molar-refractivity contribution >= 4 is 21.7 Å². The number of benzene rings is 1. The molecule has 1 aliphatic carbocycles. The van der Waals surface area contributed by atoms with Crippen LogP contribution < -0.4 is 10.6 Å². The fourth-order valence-electron chi connectivity index (χ4n) is 4.15. The minimum atomic E-state index is -3.45. The van der Waals surface area contributed by atoms with Crippen LogP contribution in [0.15, 0.2) is 35.2 Å². The van der Waals surface area contributed by atoms with Crippen LogP contribution in [0.4, 0.5) is 0 Å². The summed E-state index contributed by atoms with van der Waals surface area (Å²) in [4.78, 5) is 24.2. The van der Waals surface area contributed by atoms with E-state index in [-0.39, 0.29) is 41.0 Å². The Morgan fingerprint density at radius 2 is 1.96 bits per heavy atom. The number of hydrogen-bond acceptors (Lipinski definition) is 4. The Bertz CT molecular complexity index is 763. The lowest BCUT2D eigenvalue weighted by Gasteiger charge is -2.43. The summed E-state index contributed by atoms with van der Waals surface area (Å²) in [5, 5.41) is 5.99. The molecule has 4 atom stereocenters. The van der Waals surface area contributed by atoms with E-state index in [9.17, 15) is 18.0 Å². The lowest BCUT2D eigenvalue weighted by Crippen LogP contribution is -2.54. The molecule has 1 aromatic carbocycles. The third-order valence-corrected chi connectivity index (χ3v) is 7.29. The monoisotopic (exact) mass is 378 g/mol. The van der Waals surface area contributed by atoms with Crippen molar-refractivity contribution in [2.24, 2.45) is 11.8 Å². The summed E-state index contributed by atoms with van der Waals surface area (Å²) in [6.07, 6.45) is 3.09. The highest BCUT2D eigenvalue weighted by Gasteiger charge is 2.39. The molecule has 2 N–H and O–H groups in total. The van der Waals surface area contributed by atoms with Gasteiger partial charge in [0.1, 0.15) is 0 Å². The van der Waals surface area contributed by atoms with Crippen molar-refractivity contribution in [3.8, 4) is 0 Å². The van der Waals surface area contributed by atoms with Crippen molar-refractivity contribution in [3.63, 3.8) is 0 Å². The Hall–Kier alpha value is -1.89. The van der Waals surface area contributed by atoms with Crippen molar-refractivity contribution in [2.45, 2.75) is 56.0 Å². The van der Waals surface area contributed by atoms with Crippen LogP contribution in [0.3, 0.4) is 0 Å². The minimum Gasteiger partial charge on any atom is -0.353 e. The van der Waals surface area contributed by atoms with Gasteiger partial charge in [0.25, 0.3) is 0 Å². The first-order valence-corrected chi connectivity index (χ1v) is 10.9. The minimum absolute atomic E-state index is 0.00576. The zero-order valence-corrected chi connectivity index (χ0v) is 15.8. The Kier molecular flexibility index (Phi) is 5.65. The Morgan fingerprint density at radius 3 is 2.69 bits per heavy atom. The van der Waals surface area contributed by atoms with Gasteiger partial charge >= 0.3 is 0 Å². The quantitative estimate of drug-likeness (QED) is 0.815. The number of piperidine rings is 1. The molecule has 2 amide bonds. The topological polar surface area (TPSA) is 92.3 Å². The largest absolute Gasteiger partial charge is 0.353 e. The van der Waals surface area contributed by atoms with Crippen LogP contribution in [0.5, 0.6) is 0 Å². The third kappa shape index (κ3) is 4.44. The van der Waals surface area contributed by atoms with Gasteiger partial charge in [0.05, 0.1) is 10.6 Å². The smallest absolute Gasteiger partial charge is 0.221 e. The third-order valence-electron chi connectivity index (χ3n) is 5.55. The van der Waals surface area contributed by atoms with Crippen LogP contribution in [0, 0.1) is 11.8 Å². The Balaban J connectivity index is 1.50. The first-order valence-electron chi connectivity index (χ1n) is 9.21. The van der Waals surface area contributed by atoms with Gasteiger partial charge in [0.2, 0.25) is 11.8 Å². The van der Waals surface area contributed by atoms with Crippen molar-refractivity contribution < 1.29 is 18.0 Å². The maximum absolute atomic E-state index is 12.3. The molecular formula is C19H26N2O4S. The molecule has 142 valence electrons. The van der Waals surface area contributed by atoms with Gasteiger partial charge < -0.3 is 10.6 Å². The highest BCUT2D eigenvalue weighted by molar-refractivity contribution is 7.91. The van der Waals surface area contributed by atoms with Crippen LogP contribution in [-0.2, 0) is 19.4 Å². The molecule has 7 heteroatoms. The molecule has 6 nitrogen and oxygen atoms in total. The fraction of sp³-hybridized carbons (Fsp3) is 0.579.